The number of benzene rings is 1. The molecule has 0 heterocycles. The topological polar surface area (TPSA) is 104 Å². The number of aliphatic carboxylic acids is 2. The van der Waals surface area contributed by atoms with Crippen molar-refractivity contribution in [3.63, 3.8) is 0 Å². The monoisotopic (exact) mass is 265 g/mol. The first-order chi connectivity index (χ1) is 8.93. The average Bonchev–Trinajstić information content (AvgIpc) is 2.37. The zero-order valence-corrected chi connectivity index (χ0v) is 10.4. The highest BCUT2D eigenvalue weighted by molar-refractivity contribution is 5.97. The molecule has 0 radical (unpaired) electrons. The van der Waals surface area contributed by atoms with Gasteiger partial charge >= 0.3 is 11.9 Å². The van der Waals surface area contributed by atoms with Crippen LogP contribution in [0, 0.1) is 0 Å². The molecular formula is C13H15NO5. The molecule has 19 heavy (non-hydrogen) atoms. The Labute approximate surface area is 110 Å². The number of aryl methyl sites for hydroxylation is 1. The van der Waals surface area contributed by atoms with E-state index in [-0.39, 0.29) is 0 Å². The van der Waals surface area contributed by atoms with Crippen LogP contribution in [-0.4, -0.2) is 34.1 Å². The maximum atomic E-state index is 11.8. The molecule has 6 heteroatoms. The van der Waals surface area contributed by atoms with Gasteiger partial charge in [0.05, 0.1) is 6.42 Å². The van der Waals surface area contributed by atoms with Gasteiger partial charge in [-0.3, -0.25) is 9.59 Å². The molecule has 0 aliphatic rings. The maximum Gasteiger partial charge on any atom is 0.326 e. The summed E-state index contributed by atoms with van der Waals surface area (Å²) in [4.78, 5) is 33.2. The second-order valence-electron chi connectivity index (χ2n) is 4.02. The first-order valence-electron chi connectivity index (χ1n) is 5.78. The number of carbonyl (C=O) groups excluding carboxylic acids is 1. The number of nitrogens with one attached hydrogen (secondary N) is 1. The van der Waals surface area contributed by atoms with E-state index in [0.717, 1.165) is 12.0 Å². The molecule has 1 amide bonds. The predicted molar refractivity (Wildman–Crippen MR) is 67.0 cm³/mol. The lowest BCUT2D eigenvalue weighted by Crippen LogP contribution is -2.42. The summed E-state index contributed by atoms with van der Waals surface area (Å²) in [6, 6.07) is 5.31. The Kier molecular flexibility index (Phi) is 5.05. The van der Waals surface area contributed by atoms with E-state index < -0.39 is 30.3 Å². The van der Waals surface area contributed by atoms with Gasteiger partial charge in [-0.1, -0.05) is 19.1 Å². The molecule has 0 saturated carbocycles. The van der Waals surface area contributed by atoms with E-state index in [2.05, 4.69) is 5.32 Å². The van der Waals surface area contributed by atoms with E-state index in [1.54, 1.807) is 18.2 Å². The van der Waals surface area contributed by atoms with Crippen LogP contribution in [0.5, 0.6) is 0 Å². The number of amides is 1. The maximum absolute atomic E-state index is 11.8. The third-order valence-corrected chi connectivity index (χ3v) is 2.58. The molecule has 3 N–H and O–H groups in total. The number of carbonyl (C=O) groups is 3. The molecule has 1 rings (SSSR count). The molecule has 0 aromatic heterocycles. The van der Waals surface area contributed by atoms with Gasteiger partial charge in [-0.25, -0.2) is 4.79 Å². The Bertz CT molecular complexity index is 498. The molecule has 102 valence electrons. The van der Waals surface area contributed by atoms with Crippen LogP contribution in [0.15, 0.2) is 24.3 Å². The highest BCUT2D eigenvalue weighted by Crippen LogP contribution is 2.06. The van der Waals surface area contributed by atoms with Crippen LogP contribution in [0.3, 0.4) is 0 Å². The molecule has 0 fully saturated rings. The van der Waals surface area contributed by atoms with Crippen molar-refractivity contribution in [1.29, 1.82) is 0 Å². The summed E-state index contributed by atoms with van der Waals surface area (Å²) in [6.45, 7) is 1.93. The van der Waals surface area contributed by atoms with Gasteiger partial charge in [0.15, 0.2) is 0 Å². The van der Waals surface area contributed by atoms with E-state index in [1.165, 1.54) is 0 Å². The Hall–Kier alpha value is -2.37. The van der Waals surface area contributed by atoms with E-state index in [4.69, 9.17) is 10.2 Å². The highest BCUT2D eigenvalue weighted by atomic mass is 16.4. The normalized spacial score (nSPS) is 11.6. The second kappa shape index (κ2) is 6.53. The van der Waals surface area contributed by atoms with Gasteiger partial charge in [-0.15, -0.1) is 0 Å². The molecule has 0 aliphatic heterocycles. The van der Waals surface area contributed by atoms with Gasteiger partial charge < -0.3 is 15.5 Å². The van der Waals surface area contributed by atoms with Gasteiger partial charge in [-0.2, -0.15) is 0 Å². The van der Waals surface area contributed by atoms with Crippen LogP contribution in [0.4, 0.5) is 0 Å². The SMILES string of the molecule is CCc1cccc(C(=O)NC(CC(=O)O)C(=O)O)c1. The Morgan fingerprint density at radius 3 is 2.47 bits per heavy atom. The zero-order valence-electron chi connectivity index (χ0n) is 10.4. The summed E-state index contributed by atoms with van der Waals surface area (Å²) in [7, 11) is 0. The van der Waals surface area contributed by atoms with Crippen molar-refractivity contribution in [3.05, 3.63) is 35.4 Å². The molecule has 6 nitrogen and oxygen atoms in total. The Morgan fingerprint density at radius 1 is 1.26 bits per heavy atom. The molecule has 1 aromatic rings. The van der Waals surface area contributed by atoms with E-state index in [0.29, 0.717) is 5.56 Å². The van der Waals surface area contributed by atoms with Gasteiger partial charge in [0.25, 0.3) is 5.91 Å². The van der Waals surface area contributed by atoms with Gasteiger partial charge in [0, 0.05) is 5.56 Å². The predicted octanol–water partition coefficient (Wildman–Crippen LogP) is 0.907. The molecule has 1 aromatic carbocycles. The molecule has 0 saturated heterocycles. The standard InChI is InChI=1S/C13H15NO5/c1-2-8-4-3-5-9(6-8)12(17)14-10(13(18)19)7-11(15)16/h3-6,10H,2,7H2,1H3,(H,14,17)(H,15,16)(H,18,19). The Morgan fingerprint density at radius 2 is 1.95 bits per heavy atom. The minimum atomic E-state index is -1.43. The fraction of sp³-hybridized carbons (Fsp3) is 0.308. The minimum Gasteiger partial charge on any atom is -0.481 e. The summed E-state index contributed by atoms with van der Waals surface area (Å²) in [5, 5.41) is 19.6. The smallest absolute Gasteiger partial charge is 0.326 e. The number of hydrogen-bond donors (Lipinski definition) is 3. The van der Waals surface area contributed by atoms with Crippen molar-refractivity contribution >= 4 is 17.8 Å². The molecular weight excluding hydrogens is 250 g/mol. The van der Waals surface area contributed by atoms with Gasteiger partial charge in [-0.05, 0) is 24.1 Å². The highest BCUT2D eigenvalue weighted by Gasteiger charge is 2.23. The number of hydrogen-bond acceptors (Lipinski definition) is 3. The largest absolute Gasteiger partial charge is 0.481 e. The van der Waals surface area contributed by atoms with Crippen LogP contribution in [0.25, 0.3) is 0 Å². The van der Waals surface area contributed by atoms with E-state index in [9.17, 15) is 14.4 Å². The van der Waals surface area contributed by atoms with E-state index >= 15 is 0 Å². The Balaban J connectivity index is 2.81. The minimum absolute atomic E-state index is 0.316. The van der Waals surface area contributed by atoms with E-state index in [1.807, 2.05) is 13.0 Å². The van der Waals surface area contributed by atoms with Crippen LogP contribution >= 0.6 is 0 Å². The van der Waals surface area contributed by atoms with Crippen molar-refractivity contribution in [2.45, 2.75) is 25.8 Å². The fourth-order valence-electron chi connectivity index (χ4n) is 1.55. The molecule has 1 atom stereocenters. The lowest BCUT2D eigenvalue weighted by Gasteiger charge is -2.12. The van der Waals surface area contributed by atoms with Crippen molar-refractivity contribution in [2.24, 2.45) is 0 Å². The number of carboxylic acid groups (broad SMARTS) is 2. The van der Waals surface area contributed by atoms with Crippen LogP contribution in [0.2, 0.25) is 0 Å². The number of rotatable bonds is 6. The molecule has 1 unspecified atom stereocenters. The van der Waals surface area contributed by atoms with Crippen molar-refractivity contribution < 1.29 is 24.6 Å². The van der Waals surface area contributed by atoms with Crippen molar-refractivity contribution in [2.75, 3.05) is 0 Å². The third kappa shape index (κ3) is 4.42. The number of carboxylic acids is 2. The summed E-state index contributed by atoms with van der Waals surface area (Å²) >= 11 is 0. The van der Waals surface area contributed by atoms with Crippen molar-refractivity contribution in [1.82, 2.24) is 5.32 Å². The molecule has 0 bridgehead atoms. The quantitative estimate of drug-likeness (QED) is 0.709. The van der Waals surface area contributed by atoms with Crippen LogP contribution in [0.1, 0.15) is 29.3 Å². The summed E-state index contributed by atoms with van der Waals surface area (Å²) in [5.41, 5.74) is 1.26. The lowest BCUT2D eigenvalue weighted by atomic mass is 10.1. The molecule has 0 aliphatic carbocycles. The van der Waals surface area contributed by atoms with Gasteiger partial charge in [0.1, 0.15) is 6.04 Å². The first-order valence-corrected chi connectivity index (χ1v) is 5.78. The third-order valence-electron chi connectivity index (χ3n) is 2.58. The van der Waals surface area contributed by atoms with Gasteiger partial charge in [0.2, 0.25) is 0 Å². The van der Waals surface area contributed by atoms with Crippen LogP contribution in [-0.2, 0) is 16.0 Å². The zero-order chi connectivity index (χ0) is 14.4. The first kappa shape index (κ1) is 14.7. The lowest BCUT2D eigenvalue weighted by molar-refractivity contribution is -0.145. The summed E-state index contributed by atoms with van der Waals surface area (Å²) in [5.74, 6) is -3.25. The molecule has 0 spiro atoms. The summed E-state index contributed by atoms with van der Waals surface area (Å²) < 4.78 is 0. The van der Waals surface area contributed by atoms with Crippen molar-refractivity contribution in [3.8, 4) is 0 Å². The fourth-order valence-corrected chi connectivity index (χ4v) is 1.55. The average molecular weight is 265 g/mol. The second-order valence-corrected chi connectivity index (χ2v) is 4.02. The summed E-state index contributed by atoms with van der Waals surface area (Å²) in [6.07, 6.45) is 0.0904. The van der Waals surface area contributed by atoms with Crippen LogP contribution < -0.4 is 5.32 Å².